The summed E-state index contributed by atoms with van der Waals surface area (Å²) in [5.74, 6) is -0.196. The second-order valence-corrected chi connectivity index (χ2v) is 5.40. The van der Waals surface area contributed by atoms with Gasteiger partial charge in [0.25, 0.3) is 0 Å². The molecule has 0 aromatic rings. The predicted octanol–water partition coefficient (Wildman–Crippen LogP) is 0.376. The first-order valence-electron chi connectivity index (χ1n) is 7.22. The highest BCUT2D eigenvalue weighted by Crippen LogP contribution is 1.98. The third kappa shape index (κ3) is 13.1. The number of nitrogens with two attached hydrogens (primary N) is 2. The van der Waals surface area contributed by atoms with Crippen molar-refractivity contribution in [3.8, 4) is 0 Å². The lowest BCUT2D eigenvalue weighted by atomic mass is 10.0. The molecule has 0 bridgehead atoms. The van der Waals surface area contributed by atoms with Gasteiger partial charge in [0.05, 0.1) is 12.6 Å². The lowest BCUT2D eigenvalue weighted by Gasteiger charge is -2.15. The average molecular weight is 302 g/mol. The predicted molar refractivity (Wildman–Crippen MR) is 83.5 cm³/mol. The molecule has 3 amide bonds. The van der Waals surface area contributed by atoms with Crippen LogP contribution in [0.3, 0.4) is 0 Å². The van der Waals surface area contributed by atoms with Crippen LogP contribution < -0.4 is 22.1 Å². The van der Waals surface area contributed by atoms with Crippen molar-refractivity contribution in [2.45, 2.75) is 47.1 Å². The van der Waals surface area contributed by atoms with E-state index in [-0.39, 0.29) is 30.1 Å². The highest BCUT2D eigenvalue weighted by Gasteiger charge is 2.18. The summed E-state index contributed by atoms with van der Waals surface area (Å²) in [4.78, 5) is 32.4. The Hall–Kier alpha value is -1.63. The van der Waals surface area contributed by atoms with E-state index in [1.165, 1.54) is 0 Å². The summed E-state index contributed by atoms with van der Waals surface area (Å²) < 4.78 is 0. The van der Waals surface area contributed by atoms with E-state index in [4.69, 9.17) is 11.5 Å². The Labute approximate surface area is 127 Å². The second kappa shape index (κ2) is 12.1. The number of hydrogen-bond acceptors (Lipinski definition) is 4. The van der Waals surface area contributed by atoms with E-state index in [1.807, 2.05) is 20.8 Å². The van der Waals surface area contributed by atoms with Gasteiger partial charge in [-0.05, 0) is 12.3 Å². The monoisotopic (exact) mass is 302 g/mol. The molecule has 0 aliphatic heterocycles. The number of nitrogens with one attached hydrogen (secondary N) is 2. The second-order valence-electron chi connectivity index (χ2n) is 5.40. The fraction of sp³-hybridized carbons (Fsp3) is 0.786. The highest BCUT2D eigenvalue weighted by atomic mass is 16.2. The molecule has 1 atom stereocenters. The molecule has 0 aliphatic rings. The quantitative estimate of drug-likeness (QED) is 0.542. The van der Waals surface area contributed by atoms with Crippen molar-refractivity contribution in [1.29, 1.82) is 0 Å². The zero-order chi connectivity index (χ0) is 17.0. The Morgan fingerprint density at radius 3 is 1.86 bits per heavy atom. The molecule has 7 heteroatoms. The van der Waals surface area contributed by atoms with Crippen LogP contribution in [0.5, 0.6) is 0 Å². The van der Waals surface area contributed by atoms with Gasteiger partial charge in [-0.15, -0.1) is 0 Å². The zero-order valence-electron chi connectivity index (χ0n) is 13.7. The maximum atomic E-state index is 11.3. The number of urea groups is 1. The number of ketones is 1. The van der Waals surface area contributed by atoms with Crippen LogP contribution in [0.2, 0.25) is 0 Å². The van der Waals surface area contributed by atoms with Gasteiger partial charge in [0.1, 0.15) is 0 Å². The smallest absolute Gasteiger partial charge is 0.312 e. The van der Waals surface area contributed by atoms with E-state index in [0.717, 1.165) is 6.42 Å². The molecule has 0 fully saturated rings. The summed E-state index contributed by atoms with van der Waals surface area (Å²) in [5, 5.41) is 4.97. The van der Waals surface area contributed by atoms with Crippen LogP contribution in [0.1, 0.15) is 41.0 Å². The topological polar surface area (TPSA) is 127 Å². The first-order chi connectivity index (χ1) is 9.63. The van der Waals surface area contributed by atoms with E-state index in [1.54, 1.807) is 13.8 Å². The van der Waals surface area contributed by atoms with Gasteiger partial charge in [0.15, 0.2) is 5.78 Å². The van der Waals surface area contributed by atoms with Gasteiger partial charge in [0, 0.05) is 12.5 Å². The standard InChI is InChI=1S/C10H20N2O2.C4H10N2O/c1-6(2)8(13)5-12-10(14)9(11)7(3)4;1-2-3-6-4(5)7/h6-7,9H,5,11H2,1-4H3,(H,12,14);2-3H2,1H3,(H3,5,6,7). The minimum atomic E-state index is -0.532. The lowest BCUT2D eigenvalue weighted by molar-refractivity contribution is -0.127. The Kier molecular flexibility index (Phi) is 12.5. The Bertz CT molecular complexity index is 330. The number of carbonyl (C=O) groups is 3. The maximum absolute atomic E-state index is 11.3. The van der Waals surface area contributed by atoms with Crippen molar-refractivity contribution < 1.29 is 14.4 Å². The average Bonchev–Trinajstić information content (AvgIpc) is 2.41. The fourth-order valence-electron chi connectivity index (χ4n) is 1.05. The SMILES string of the molecule is CC(C)C(=O)CNC(=O)C(N)C(C)C.CCCNC(N)=O. The maximum Gasteiger partial charge on any atom is 0.312 e. The van der Waals surface area contributed by atoms with Crippen molar-refractivity contribution >= 4 is 17.7 Å². The highest BCUT2D eigenvalue weighted by molar-refractivity contribution is 5.89. The van der Waals surface area contributed by atoms with Crippen LogP contribution in [0.15, 0.2) is 0 Å². The molecule has 7 nitrogen and oxygen atoms in total. The van der Waals surface area contributed by atoms with E-state index in [0.29, 0.717) is 6.54 Å². The van der Waals surface area contributed by atoms with E-state index in [2.05, 4.69) is 10.6 Å². The van der Waals surface area contributed by atoms with Crippen molar-refractivity contribution in [3.63, 3.8) is 0 Å². The van der Waals surface area contributed by atoms with Gasteiger partial charge in [-0.25, -0.2) is 4.79 Å². The van der Waals surface area contributed by atoms with Gasteiger partial charge < -0.3 is 22.1 Å². The summed E-state index contributed by atoms with van der Waals surface area (Å²) >= 11 is 0. The first kappa shape index (κ1) is 21.7. The molecule has 6 N–H and O–H groups in total. The molecule has 0 saturated heterocycles. The molecule has 0 aromatic carbocycles. The normalized spacial score (nSPS) is 11.4. The largest absolute Gasteiger partial charge is 0.352 e. The molecule has 0 saturated carbocycles. The van der Waals surface area contributed by atoms with E-state index < -0.39 is 12.1 Å². The summed E-state index contributed by atoms with van der Waals surface area (Å²) in [7, 11) is 0. The van der Waals surface area contributed by atoms with Crippen molar-refractivity contribution in [3.05, 3.63) is 0 Å². The molecule has 0 spiro atoms. The van der Waals surface area contributed by atoms with Crippen LogP contribution in [-0.4, -0.2) is 36.9 Å². The minimum Gasteiger partial charge on any atom is -0.352 e. The Balaban J connectivity index is 0. The number of hydrogen-bond donors (Lipinski definition) is 4. The number of rotatable bonds is 7. The molecular weight excluding hydrogens is 272 g/mol. The van der Waals surface area contributed by atoms with E-state index >= 15 is 0 Å². The van der Waals surface area contributed by atoms with Crippen LogP contribution in [0, 0.1) is 11.8 Å². The van der Waals surface area contributed by atoms with Gasteiger partial charge >= 0.3 is 6.03 Å². The molecular formula is C14H30N4O3. The lowest BCUT2D eigenvalue weighted by Crippen LogP contribution is -2.45. The summed E-state index contributed by atoms with van der Waals surface area (Å²) in [5.41, 5.74) is 10.3. The molecule has 124 valence electrons. The molecule has 0 aliphatic carbocycles. The molecule has 0 radical (unpaired) electrons. The Morgan fingerprint density at radius 2 is 1.57 bits per heavy atom. The number of primary amides is 1. The Morgan fingerprint density at radius 1 is 1.05 bits per heavy atom. The van der Waals surface area contributed by atoms with Gasteiger partial charge in [-0.3, -0.25) is 9.59 Å². The van der Waals surface area contributed by atoms with Crippen molar-refractivity contribution in [2.24, 2.45) is 23.3 Å². The van der Waals surface area contributed by atoms with Crippen molar-refractivity contribution in [1.82, 2.24) is 10.6 Å². The molecule has 1 unspecified atom stereocenters. The van der Waals surface area contributed by atoms with Gasteiger partial charge in [-0.1, -0.05) is 34.6 Å². The van der Waals surface area contributed by atoms with Crippen LogP contribution in [0.25, 0.3) is 0 Å². The minimum absolute atomic E-state index is 0.0225. The molecule has 0 rings (SSSR count). The van der Waals surface area contributed by atoms with Crippen LogP contribution in [0.4, 0.5) is 4.79 Å². The molecule has 21 heavy (non-hydrogen) atoms. The first-order valence-corrected chi connectivity index (χ1v) is 7.22. The van der Waals surface area contributed by atoms with Crippen molar-refractivity contribution in [2.75, 3.05) is 13.1 Å². The number of amides is 3. The zero-order valence-corrected chi connectivity index (χ0v) is 13.7. The van der Waals surface area contributed by atoms with E-state index in [9.17, 15) is 14.4 Å². The molecule has 0 aromatic heterocycles. The number of carbonyl (C=O) groups excluding carboxylic acids is 3. The van der Waals surface area contributed by atoms with Gasteiger partial charge in [-0.2, -0.15) is 0 Å². The molecule has 0 heterocycles. The summed E-state index contributed by atoms with van der Waals surface area (Å²) in [6, 6.07) is -0.975. The third-order valence-corrected chi connectivity index (χ3v) is 2.65. The van der Waals surface area contributed by atoms with Crippen LogP contribution >= 0.6 is 0 Å². The summed E-state index contributed by atoms with van der Waals surface area (Å²) in [6.07, 6.45) is 0.933. The summed E-state index contributed by atoms with van der Waals surface area (Å²) in [6.45, 7) is 10.1. The van der Waals surface area contributed by atoms with Gasteiger partial charge in [0.2, 0.25) is 5.91 Å². The van der Waals surface area contributed by atoms with Crippen LogP contribution in [-0.2, 0) is 9.59 Å². The fourth-order valence-corrected chi connectivity index (χ4v) is 1.05. The third-order valence-electron chi connectivity index (χ3n) is 2.65. The number of Topliss-reactive ketones (excluding diaryl/α,β-unsaturated/α-hetero) is 1.